The van der Waals surface area contributed by atoms with Crippen molar-refractivity contribution in [2.45, 2.75) is 25.5 Å². The number of fused-ring (bicyclic) bond motifs is 1. The zero-order chi connectivity index (χ0) is 16.2. The molecular formula is C11H15NO2S. The lowest BCUT2D eigenvalue weighted by atomic mass is 9.99. The average molecular weight is 231 g/mol. The fraction of sp³-hybridized carbons (Fsp3) is 0.545. The predicted octanol–water partition coefficient (Wildman–Crippen LogP) is 2.26. The van der Waals surface area contributed by atoms with Crippen molar-refractivity contribution in [1.29, 1.82) is 0 Å². The zero-order valence-electron chi connectivity index (χ0n) is 14.5. The first-order valence-corrected chi connectivity index (χ1v) is 5.22. The number of nitrogens with zero attached hydrogens (tertiary/aromatic N) is 1. The molecule has 0 unspecified atom stereocenters. The van der Waals surface area contributed by atoms with E-state index in [2.05, 4.69) is 0 Å². The molecule has 1 aliphatic carbocycles. The van der Waals surface area contributed by atoms with Crippen LogP contribution in [0.15, 0.2) is 6.07 Å². The number of amides is 1. The molecule has 82 valence electrons. The number of aryl methyl sites for hydroxylation is 2. The summed E-state index contributed by atoms with van der Waals surface area (Å²) in [4.78, 5) is 17.4. The van der Waals surface area contributed by atoms with Gasteiger partial charge in [-0.25, -0.2) is 5.06 Å². The van der Waals surface area contributed by atoms with Gasteiger partial charge in [0.1, 0.15) is 0 Å². The Morgan fingerprint density at radius 1 is 1.67 bits per heavy atom. The van der Waals surface area contributed by atoms with Crippen molar-refractivity contribution >= 4 is 17.2 Å². The highest BCUT2D eigenvalue weighted by Gasteiger charge is 2.19. The Kier molecular flexibility index (Phi) is 1.57. The Morgan fingerprint density at radius 2 is 2.47 bits per heavy atom. The molecule has 2 rings (SSSR count). The average Bonchev–Trinajstić information content (AvgIpc) is 2.79. The quantitative estimate of drug-likeness (QED) is 0.731. The largest absolute Gasteiger partial charge is 0.287 e. The molecule has 0 saturated carbocycles. The molecular weight excluding hydrogens is 210 g/mol. The second-order valence-corrected chi connectivity index (χ2v) is 4.17. The normalized spacial score (nSPS) is 30.8. The highest BCUT2D eigenvalue weighted by molar-refractivity contribution is 7.14. The summed E-state index contributed by atoms with van der Waals surface area (Å²) in [7, 11) is 2.73. The van der Waals surface area contributed by atoms with E-state index in [9.17, 15) is 4.79 Å². The highest BCUT2D eigenvalue weighted by atomic mass is 32.1. The Balaban J connectivity index is 2.54. The molecule has 0 N–H and O–H groups in total. The third-order valence-corrected chi connectivity index (χ3v) is 3.24. The molecule has 1 aliphatic rings. The Bertz CT molecular complexity index is 585. The van der Waals surface area contributed by atoms with Gasteiger partial charge in [0.25, 0.3) is 5.91 Å². The second kappa shape index (κ2) is 4.33. The molecule has 0 radical (unpaired) electrons. The van der Waals surface area contributed by atoms with Crippen molar-refractivity contribution < 1.29 is 17.9 Å². The van der Waals surface area contributed by atoms with Crippen LogP contribution >= 0.6 is 11.3 Å². The van der Waals surface area contributed by atoms with Gasteiger partial charge in [0.05, 0.1) is 12.0 Å². The third kappa shape index (κ3) is 2.06. The van der Waals surface area contributed by atoms with Gasteiger partial charge < -0.3 is 0 Å². The molecule has 15 heavy (non-hydrogen) atoms. The second-order valence-electron chi connectivity index (χ2n) is 3.04. The highest BCUT2D eigenvalue weighted by Crippen LogP contribution is 2.30. The van der Waals surface area contributed by atoms with Gasteiger partial charge in [0.2, 0.25) is 0 Å². The van der Waals surface area contributed by atoms with Crippen LogP contribution in [-0.4, -0.2) is 25.1 Å². The van der Waals surface area contributed by atoms with E-state index in [1.165, 1.54) is 20.2 Å². The van der Waals surface area contributed by atoms with Crippen LogP contribution < -0.4 is 0 Å². The minimum absolute atomic E-state index is 0.0421. The van der Waals surface area contributed by atoms with E-state index >= 15 is 0 Å². The van der Waals surface area contributed by atoms with E-state index in [1.807, 2.05) is 0 Å². The molecule has 1 aromatic rings. The monoisotopic (exact) mass is 231 g/mol. The van der Waals surface area contributed by atoms with E-state index in [0.717, 1.165) is 16.4 Å². The van der Waals surface area contributed by atoms with Crippen LogP contribution in [0.5, 0.6) is 0 Å². The minimum Gasteiger partial charge on any atom is -0.274 e. The van der Waals surface area contributed by atoms with E-state index in [0.29, 0.717) is 4.88 Å². The van der Waals surface area contributed by atoms with Crippen LogP contribution in [-0.2, 0) is 17.6 Å². The number of thiophene rings is 1. The number of hydroxylamine groups is 2. The zero-order valence-corrected chi connectivity index (χ0v) is 9.27. The fourth-order valence-electron chi connectivity index (χ4n) is 1.25. The summed E-state index contributed by atoms with van der Waals surface area (Å²) in [5.41, 5.74) is 0.0421. The summed E-state index contributed by atoms with van der Waals surface area (Å²) in [5, 5.41) is 0.982. The van der Waals surface area contributed by atoms with E-state index in [-0.39, 0.29) is 16.9 Å². The molecule has 0 aliphatic heterocycles. The van der Waals surface area contributed by atoms with Gasteiger partial charge in [-0.1, -0.05) is 0 Å². The van der Waals surface area contributed by atoms with Crippen LogP contribution in [0.2, 0.25) is 0 Å². The van der Waals surface area contributed by atoms with Gasteiger partial charge in [0.15, 0.2) is 0 Å². The fourth-order valence-corrected chi connectivity index (χ4v) is 2.27. The van der Waals surface area contributed by atoms with Crippen LogP contribution in [0.1, 0.15) is 41.1 Å². The first kappa shape index (κ1) is 5.46. The maximum absolute atomic E-state index is 12.0. The van der Waals surface area contributed by atoms with Crippen LogP contribution in [0.3, 0.4) is 0 Å². The Hall–Kier alpha value is -0.870. The molecule has 0 saturated heterocycles. The number of carbonyl (C=O) groups is 1. The molecule has 0 bridgehead atoms. The Morgan fingerprint density at radius 3 is 3.20 bits per heavy atom. The standard InChI is InChI=1S/C11H15NO2S/c1-12(14-2)11(13)10-7-8-5-3-4-6-9(8)15-10/h7H,3-6H2,1-2H3/i3D2,4D2,5D2. The molecule has 0 spiro atoms. The van der Waals surface area contributed by atoms with Gasteiger partial charge in [-0.15, -0.1) is 11.3 Å². The van der Waals surface area contributed by atoms with Gasteiger partial charge >= 0.3 is 0 Å². The topological polar surface area (TPSA) is 29.5 Å². The molecule has 1 amide bonds. The van der Waals surface area contributed by atoms with E-state index in [1.54, 1.807) is 0 Å². The summed E-state index contributed by atoms with van der Waals surface area (Å²) >= 11 is 0.975. The van der Waals surface area contributed by atoms with Crippen molar-refractivity contribution in [3.05, 3.63) is 21.4 Å². The molecule has 4 heteroatoms. The molecule has 0 aromatic carbocycles. The summed E-state index contributed by atoms with van der Waals surface area (Å²) in [6, 6.07) is 1.30. The summed E-state index contributed by atoms with van der Waals surface area (Å²) < 4.78 is 47.1. The van der Waals surface area contributed by atoms with E-state index < -0.39 is 25.0 Å². The summed E-state index contributed by atoms with van der Waals surface area (Å²) in [5.74, 6) is -0.478. The summed E-state index contributed by atoms with van der Waals surface area (Å²) in [6.07, 6.45) is -7.79. The first-order valence-electron chi connectivity index (χ1n) is 7.41. The van der Waals surface area contributed by atoms with Crippen LogP contribution in [0.4, 0.5) is 0 Å². The van der Waals surface area contributed by atoms with E-state index in [4.69, 9.17) is 13.1 Å². The number of carbonyl (C=O) groups excluding carboxylic acids is 1. The molecule has 3 nitrogen and oxygen atoms in total. The lowest BCUT2D eigenvalue weighted by Gasteiger charge is -2.11. The van der Waals surface area contributed by atoms with Crippen molar-refractivity contribution in [2.24, 2.45) is 0 Å². The first-order chi connectivity index (χ1) is 9.45. The van der Waals surface area contributed by atoms with Crippen LogP contribution in [0, 0.1) is 0 Å². The lowest BCUT2D eigenvalue weighted by molar-refractivity contribution is -0.0753. The molecule has 0 fully saturated rings. The molecule has 1 heterocycles. The summed E-state index contributed by atoms with van der Waals surface area (Å²) in [6.45, 7) is 0. The smallest absolute Gasteiger partial charge is 0.274 e. The SMILES string of the molecule is [2H]C1([2H])Cc2sc(C(=O)N(C)OC)cc2C([2H])([2H])C1([2H])[2H]. The molecule has 0 atom stereocenters. The lowest BCUT2D eigenvalue weighted by Crippen LogP contribution is -2.24. The minimum atomic E-state index is -2.68. The van der Waals surface area contributed by atoms with Gasteiger partial charge in [-0.2, -0.15) is 0 Å². The van der Waals surface area contributed by atoms with Crippen molar-refractivity contribution in [3.63, 3.8) is 0 Å². The van der Waals surface area contributed by atoms with Gasteiger partial charge in [-0.3, -0.25) is 9.63 Å². The third-order valence-electron chi connectivity index (χ3n) is 2.11. The van der Waals surface area contributed by atoms with Crippen molar-refractivity contribution in [2.75, 3.05) is 14.2 Å². The number of hydrogen-bond acceptors (Lipinski definition) is 3. The maximum Gasteiger partial charge on any atom is 0.287 e. The van der Waals surface area contributed by atoms with Gasteiger partial charge in [-0.05, 0) is 37.2 Å². The number of hydrogen-bond donors (Lipinski definition) is 0. The Labute approximate surface area is 102 Å². The number of rotatable bonds is 2. The van der Waals surface area contributed by atoms with Crippen molar-refractivity contribution in [3.8, 4) is 0 Å². The van der Waals surface area contributed by atoms with Crippen LogP contribution in [0.25, 0.3) is 0 Å². The predicted molar refractivity (Wildman–Crippen MR) is 60.1 cm³/mol. The maximum atomic E-state index is 12.0. The van der Waals surface area contributed by atoms with Crippen molar-refractivity contribution in [1.82, 2.24) is 5.06 Å². The van der Waals surface area contributed by atoms with Gasteiger partial charge in [0, 0.05) is 20.1 Å². The molecule has 1 aromatic heterocycles.